The molecule has 0 spiro atoms. The lowest BCUT2D eigenvalue weighted by atomic mass is 10.1. The lowest BCUT2D eigenvalue weighted by molar-refractivity contribution is 0.102. The monoisotopic (exact) mass is 394 g/mol. The molecule has 28 heavy (non-hydrogen) atoms. The van der Waals surface area contributed by atoms with Gasteiger partial charge in [-0.15, -0.1) is 0 Å². The van der Waals surface area contributed by atoms with Crippen molar-refractivity contribution >= 4 is 34.3 Å². The first kappa shape index (κ1) is 18.3. The minimum absolute atomic E-state index is 0.208. The molecule has 0 radical (unpaired) electrons. The van der Waals surface area contributed by atoms with E-state index in [9.17, 15) is 4.79 Å². The molecular formula is C21H19ClN4O2. The summed E-state index contributed by atoms with van der Waals surface area (Å²) in [5.41, 5.74) is 5.02. The van der Waals surface area contributed by atoms with Gasteiger partial charge in [0.25, 0.3) is 5.91 Å². The van der Waals surface area contributed by atoms with E-state index in [2.05, 4.69) is 15.4 Å². The first-order chi connectivity index (χ1) is 13.4. The van der Waals surface area contributed by atoms with E-state index in [0.717, 1.165) is 11.3 Å². The summed E-state index contributed by atoms with van der Waals surface area (Å²) in [4.78, 5) is 17.2. The van der Waals surface area contributed by atoms with E-state index in [-0.39, 0.29) is 5.91 Å². The highest BCUT2D eigenvalue weighted by atomic mass is 35.5. The molecule has 1 amide bonds. The number of halogens is 1. The number of carbonyl (C=O) groups excluding carboxylic acids is 1. The number of nitrogens with zero attached hydrogens (tertiary/aromatic N) is 3. The number of aryl methyl sites for hydroxylation is 2. The maximum Gasteiger partial charge on any atom is 0.259 e. The predicted octanol–water partition coefficient (Wildman–Crippen LogP) is 4.90. The van der Waals surface area contributed by atoms with Crippen molar-refractivity contribution in [2.24, 2.45) is 0 Å². The number of hydrogen-bond acceptors (Lipinski definition) is 4. The Labute approximate surface area is 167 Å². The molecule has 0 aliphatic rings. The smallest absolute Gasteiger partial charge is 0.259 e. The van der Waals surface area contributed by atoms with Crippen LogP contribution in [0.15, 0.2) is 46.9 Å². The molecule has 0 aliphatic heterocycles. The van der Waals surface area contributed by atoms with Crippen LogP contribution in [0.2, 0.25) is 5.02 Å². The van der Waals surface area contributed by atoms with Gasteiger partial charge in [-0.2, -0.15) is 5.10 Å². The fourth-order valence-corrected chi connectivity index (χ4v) is 3.48. The number of carbonyl (C=O) groups is 1. The quantitative estimate of drug-likeness (QED) is 0.534. The molecule has 7 heteroatoms. The van der Waals surface area contributed by atoms with Crippen molar-refractivity contribution in [1.29, 1.82) is 0 Å². The average Bonchev–Trinajstić information content (AvgIpc) is 3.15. The molecular weight excluding hydrogens is 376 g/mol. The summed E-state index contributed by atoms with van der Waals surface area (Å²) in [6.45, 7) is 6.01. The van der Waals surface area contributed by atoms with Gasteiger partial charge in [-0.05, 0) is 43.7 Å². The van der Waals surface area contributed by atoms with Gasteiger partial charge < -0.3 is 9.73 Å². The zero-order chi connectivity index (χ0) is 19.8. The number of rotatable bonds is 4. The molecule has 2 aromatic carbocycles. The Kier molecular flexibility index (Phi) is 4.65. The summed E-state index contributed by atoms with van der Waals surface area (Å²) in [6, 6.07) is 13.0. The van der Waals surface area contributed by atoms with Gasteiger partial charge in [0.2, 0.25) is 0 Å². The molecule has 0 saturated heterocycles. The van der Waals surface area contributed by atoms with Gasteiger partial charge >= 0.3 is 0 Å². The first-order valence-electron chi connectivity index (χ1n) is 8.88. The molecule has 0 atom stereocenters. The van der Waals surface area contributed by atoms with E-state index in [0.29, 0.717) is 45.5 Å². The Morgan fingerprint density at radius 2 is 1.96 bits per heavy atom. The molecule has 2 heterocycles. The second-order valence-corrected chi connectivity index (χ2v) is 7.07. The fourth-order valence-electron chi connectivity index (χ4n) is 3.28. The Morgan fingerprint density at radius 1 is 1.18 bits per heavy atom. The van der Waals surface area contributed by atoms with Gasteiger partial charge in [0, 0.05) is 23.3 Å². The largest absolute Gasteiger partial charge is 0.441 e. The zero-order valence-electron chi connectivity index (χ0n) is 15.8. The number of hydrogen-bond donors (Lipinski definition) is 1. The molecule has 4 rings (SSSR count). The molecule has 4 aromatic rings. The van der Waals surface area contributed by atoms with Crippen LogP contribution in [0.4, 0.5) is 5.69 Å². The zero-order valence-corrected chi connectivity index (χ0v) is 16.5. The topological polar surface area (TPSA) is 73.0 Å². The number of benzene rings is 2. The van der Waals surface area contributed by atoms with Crippen molar-refractivity contribution in [3.05, 3.63) is 75.9 Å². The van der Waals surface area contributed by atoms with Crippen molar-refractivity contribution < 1.29 is 9.21 Å². The first-order valence-corrected chi connectivity index (χ1v) is 9.26. The van der Waals surface area contributed by atoms with Gasteiger partial charge in [0.15, 0.2) is 11.5 Å². The molecule has 2 aromatic heterocycles. The van der Waals surface area contributed by atoms with Crippen LogP contribution in [0.1, 0.15) is 33.2 Å². The van der Waals surface area contributed by atoms with Crippen molar-refractivity contribution in [3.63, 3.8) is 0 Å². The Bertz CT molecular complexity index is 1190. The number of nitrogens with one attached hydrogen (secondary N) is 1. The van der Waals surface area contributed by atoms with E-state index in [1.54, 1.807) is 29.8 Å². The van der Waals surface area contributed by atoms with Gasteiger partial charge in [-0.1, -0.05) is 29.8 Å². The molecule has 1 N–H and O–H groups in total. The third-order valence-electron chi connectivity index (χ3n) is 4.64. The van der Waals surface area contributed by atoms with E-state index in [1.165, 1.54) is 0 Å². The Hall–Kier alpha value is -3.12. The van der Waals surface area contributed by atoms with Gasteiger partial charge in [-0.3, -0.25) is 9.48 Å². The van der Waals surface area contributed by atoms with Crippen LogP contribution in [0.25, 0.3) is 11.1 Å². The number of oxazole rings is 1. The molecule has 0 saturated carbocycles. The number of aromatic nitrogens is 3. The van der Waals surface area contributed by atoms with E-state index < -0.39 is 0 Å². The molecule has 0 unspecified atom stereocenters. The second kappa shape index (κ2) is 7.13. The molecule has 0 bridgehead atoms. The summed E-state index contributed by atoms with van der Waals surface area (Å²) in [5, 5.41) is 8.14. The van der Waals surface area contributed by atoms with Crippen LogP contribution in [0, 0.1) is 20.8 Å². The normalized spacial score (nSPS) is 11.1. The Morgan fingerprint density at radius 3 is 2.75 bits per heavy atom. The lowest BCUT2D eigenvalue weighted by Gasteiger charge is -2.08. The van der Waals surface area contributed by atoms with Crippen LogP contribution >= 0.6 is 11.6 Å². The Balaban J connectivity index is 1.60. The highest BCUT2D eigenvalue weighted by molar-refractivity contribution is 6.31. The van der Waals surface area contributed by atoms with Crippen molar-refractivity contribution in [3.8, 4) is 0 Å². The summed E-state index contributed by atoms with van der Waals surface area (Å²) >= 11 is 6.26. The minimum atomic E-state index is -0.208. The van der Waals surface area contributed by atoms with Crippen LogP contribution in [0.3, 0.4) is 0 Å². The highest BCUT2D eigenvalue weighted by Crippen LogP contribution is 2.23. The SMILES string of the molecule is Cc1nc2cc(NC(=O)c3c(C)nn(Cc4ccccc4Cl)c3C)ccc2o1. The summed E-state index contributed by atoms with van der Waals surface area (Å²) in [6.07, 6.45) is 0. The standard InChI is InChI=1S/C21H19ClN4O2/c1-12-20(13(2)26(25-12)11-15-6-4-5-7-17(15)22)21(27)24-16-8-9-19-18(10-16)23-14(3)28-19/h4-10H,11H2,1-3H3,(H,24,27). The second-order valence-electron chi connectivity index (χ2n) is 6.66. The molecule has 0 aliphatic carbocycles. The predicted molar refractivity (Wildman–Crippen MR) is 109 cm³/mol. The third-order valence-corrected chi connectivity index (χ3v) is 5.01. The van der Waals surface area contributed by atoms with Crippen LogP contribution in [0.5, 0.6) is 0 Å². The van der Waals surface area contributed by atoms with E-state index in [4.69, 9.17) is 16.0 Å². The van der Waals surface area contributed by atoms with Crippen LogP contribution in [-0.2, 0) is 6.54 Å². The maximum absolute atomic E-state index is 12.9. The minimum Gasteiger partial charge on any atom is -0.441 e. The van der Waals surface area contributed by atoms with Crippen molar-refractivity contribution in [1.82, 2.24) is 14.8 Å². The summed E-state index contributed by atoms with van der Waals surface area (Å²) in [7, 11) is 0. The van der Waals surface area contributed by atoms with Crippen molar-refractivity contribution in [2.75, 3.05) is 5.32 Å². The summed E-state index contributed by atoms with van der Waals surface area (Å²) < 4.78 is 7.27. The molecule has 142 valence electrons. The van der Waals surface area contributed by atoms with Crippen LogP contribution < -0.4 is 5.32 Å². The van der Waals surface area contributed by atoms with Crippen LogP contribution in [-0.4, -0.2) is 20.7 Å². The van der Waals surface area contributed by atoms with Gasteiger partial charge in [0.1, 0.15) is 5.52 Å². The van der Waals surface area contributed by atoms with Crippen molar-refractivity contribution in [2.45, 2.75) is 27.3 Å². The number of anilines is 1. The number of fused-ring (bicyclic) bond motifs is 1. The molecule has 0 fully saturated rings. The van der Waals surface area contributed by atoms with Gasteiger partial charge in [0.05, 0.1) is 17.8 Å². The number of amides is 1. The fraction of sp³-hybridized carbons (Fsp3) is 0.190. The lowest BCUT2D eigenvalue weighted by Crippen LogP contribution is -2.14. The highest BCUT2D eigenvalue weighted by Gasteiger charge is 2.19. The van der Waals surface area contributed by atoms with E-state index >= 15 is 0 Å². The van der Waals surface area contributed by atoms with E-state index in [1.807, 2.05) is 38.1 Å². The average molecular weight is 395 g/mol. The summed E-state index contributed by atoms with van der Waals surface area (Å²) in [5.74, 6) is 0.381. The third kappa shape index (κ3) is 3.39. The maximum atomic E-state index is 12.9. The molecule has 6 nitrogen and oxygen atoms in total. The van der Waals surface area contributed by atoms with Gasteiger partial charge in [-0.25, -0.2) is 4.98 Å².